The molecule has 0 aliphatic carbocycles. The summed E-state index contributed by atoms with van der Waals surface area (Å²) < 4.78 is 11.1. The number of rotatable bonds is 4. The third-order valence-electron chi connectivity index (χ3n) is 2.78. The molecule has 7 nitrogen and oxygen atoms in total. The van der Waals surface area contributed by atoms with Crippen LogP contribution in [0.4, 0.5) is 5.69 Å². The Morgan fingerprint density at radius 1 is 1.50 bits per heavy atom. The molecule has 0 bridgehead atoms. The number of nitrogens with zero attached hydrogens (tertiary/aromatic N) is 1. The van der Waals surface area contributed by atoms with Crippen molar-refractivity contribution in [2.45, 2.75) is 6.10 Å². The SMILES string of the molecule is O=C(NCC1COCCO1)c1cc([N+](=O)[O-])ccc1Br. The Kier molecular flexibility index (Phi) is 5.05. The molecular formula is C12H13BrN2O5. The highest BCUT2D eigenvalue weighted by Gasteiger charge is 2.18. The number of non-ortho nitro benzene ring substituents is 1. The van der Waals surface area contributed by atoms with Gasteiger partial charge in [-0.25, -0.2) is 0 Å². The van der Waals surface area contributed by atoms with Gasteiger partial charge in [-0.1, -0.05) is 0 Å². The number of hydrogen-bond acceptors (Lipinski definition) is 5. The van der Waals surface area contributed by atoms with Crippen LogP contribution in [0, 0.1) is 10.1 Å². The molecule has 0 aromatic heterocycles. The lowest BCUT2D eigenvalue weighted by Crippen LogP contribution is -2.39. The average Bonchev–Trinajstić information content (AvgIpc) is 2.46. The number of hydrogen-bond donors (Lipinski definition) is 1. The van der Waals surface area contributed by atoms with Crippen LogP contribution in [-0.2, 0) is 9.47 Å². The topological polar surface area (TPSA) is 90.7 Å². The van der Waals surface area contributed by atoms with E-state index in [1.165, 1.54) is 18.2 Å². The second kappa shape index (κ2) is 6.78. The predicted octanol–water partition coefficient (Wildman–Crippen LogP) is 1.50. The molecule has 0 saturated carbocycles. The van der Waals surface area contributed by atoms with Crippen molar-refractivity contribution in [1.29, 1.82) is 0 Å². The summed E-state index contributed by atoms with van der Waals surface area (Å²) in [5.74, 6) is -0.394. The maximum atomic E-state index is 12.0. The van der Waals surface area contributed by atoms with Gasteiger partial charge in [0.15, 0.2) is 0 Å². The summed E-state index contributed by atoms with van der Waals surface area (Å²) in [6.45, 7) is 1.78. The number of carbonyl (C=O) groups is 1. The van der Waals surface area contributed by atoms with Crippen molar-refractivity contribution in [2.75, 3.05) is 26.4 Å². The molecule has 1 amide bonds. The van der Waals surface area contributed by atoms with Crippen molar-refractivity contribution in [3.8, 4) is 0 Å². The third kappa shape index (κ3) is 3.75. The highest BCUT2D eigenvalue weighted by Crippen LogP contribution is 2.22. The minimum atomic E-state index is -0.540. The molecule has 1 heterocycles. The van der Waals surface area contributed by atoms with Crippen molar-refractivity contribution in [3.05, 3.63) is 38.3 Å². The van der Waals surface area contributed by atoms with Crippen molar-refractivity contribution in [2.24, 2.45) is 0 Å². The Balaban J connectivity index is 2.00. The molecule has 1 aromatic carbocycles. The first kappa shape index (κ1) is 14.9. The van der Waals surface area contributed by atoms with E-state index in [0.29, 0.717) is 30.8 Å². The number of carbonyl (C=O) groups excluding carboxylic acids is 1. The fourth-order valence-corrected chi connectivity index (χ4v) is 2.18. The molecule has 20 heavy (non-hydrogen) atoms. The Bertz CT molecular complexity index is 517. The Morgan fingerprint density at radius 2 is 2.30 bits per heavy atom. The fourth-order valence-electron chi connectivity index (χ4n) is 1.76. The highest BCUT2D eigenvalue weighted by molar-refractivity contribution is 9.10. The zero-order valence-corrected chi connectivity index (χ0v) is 12.1. The number of benzene rings is 1. The largest absolute Gasteiger partial charge is 0.376 e. The van der Waals surface area contributed by atoms with Gasteiger partial charge >= 0.3 is 0 Å². The summed E-state index contributed by atoms with van der Waals surface area (Å²) in [6, 6.07) is 4.05. The molecule has 1 aliphatic heterocycles. The van der Waals surface area contributed by atoms with Gasteiger partial charge in [0.2, 0.25) is 0 Å². The molecule has 1 N–H and O–H groups in total. The summed E-state index contributed by atoms with van der Waals surface area (Å²) in [5, 5.41) is 13.4. The predicted molar refractivity (Wildman–Crippen MR) is 73.7 cm³/mol. The van der Waals surface area contributed by atoms with Crippen LogP contribution in [0.5, 0.6) is 0 Å². The molecule has 8 heteroatoms. The molecule has 2 rings (SSSR count). The van der Waals surface area contributed by atoms with E-state index < -0.39 is 10.8 Å². The van der Waals surface area contributed by atoms with Crippen molar-refractivity contribution in [1.82, 2.24) is 5.32 Å². The monoisotopic (exact) mass is 344 g/mol. The number of halogens is 1. The van der Waals surface area contributed by atoms with Crippen LogP contribution in [0.3, 0.4) is 0 Å². The number of ether oxygens (including phenoxy) is 2. The molecule has 1 atom stereocenters. The minimum Gasteiger partial charge on any atom is -0.376 e. The van der Waals surface area contributed by atoms with Gasteiger partial charge < -0.3 is 14.8 Å². The first-order chi connectivity index (χ1) is 9.58. The van der Waals surface area contributed by atoms with Crippen molar-refractivity contribution in [3.63, 3.8) is 0 Å². The molecule has 0 spiro atoms. The van der Waals surface area contributed by atoms with Gasteiger partial charge in [0.05, 0.1) is 36.4 Å². The Labute approximate surface area is 123 Å². The van der Waals surface area contributed by atoms with Gasteiger partial charge in [-0.3, -0.25) is 14.9 Å². The van der Waals surface area contributed by atoms with Crippen LogP contribution in [0.25, 0.3) is 0 Å². The summed E-state index contributed by atoms with van der Waals surface area (Å²) >= 11 is 3.21. The first-order valence-electron chi connectivity index (χ1n) is 5.99. The molecule has 1 aliphatic rings. The van der Waals surface area contributed by atoms with E-state index in [0.717, 1.165) is 0 Å². The van der Waals surface area contributed by atoms with E-state index in [-0.39, 0.29) is 17.4 Å². The summed E-state index contributed by atoms with van der Waals surface area (Å²) in [7, 11) is 0. The van der Waals surface area contributed by atoms with Crippen LogP contribution in [0.1, 0.15) is 10.4 Å². The van der Waals surface area contributed by atoms with Gasteiger partial charge in [0.1, 0.15) is 0 Å². The number of amides is 1. The zero-order chi connectivity index (χ0) is 14.5. The minimum absolute atomic E-state index is 0.129. The molecular weight excluding hydrogens is 332 g/mol. The van der Waals surface area contributed by atoms with E-state index in [9.17, 15) is 14.9 Å². The second-order valence-corrected chi connectivity index (χ2v) is 5.05. The van der Waals surface area contributed by atoms with E-state index in [2.05, 4.69) is 21.2 Å². The van der Waals surface area contributed by atoms with Crippen LogP contribution in [-0.4, -0.2) is 43.3 Å². The number of nitro benzene ring substituents is 1. The van der Waals surface area contributed by atoms with Crippen LogP contribution in [0.2, 0.25) is 0 Å². The van der Waals surface area contributed by atoms with Crippen molar-refractivity contribution >= 4 is 27.5 Å². The van der Waals surface area contributed by atoms with Gasteiger partial charge in [-0.2, -0.15) is 0 Å². The van der Waals surface area contributed by atoms with Gasteiger partial charge in [-0.05, 0) is 22.0 Å². The van der Waals surface area contributed by atoms with Crippen molar-refractivity contribution < 1.29 is 19.2 Å². The lowest BCUT2D eigenvalue weighted by molar-refractivity contribution is -0.384. The van der Waals surface area contributed by atoms with Gasteiger partial charge in [0.25, 0.3) is 11.6 Å². The quantitative estimate of drug-likeness (QED) is 0.660. The van der Waals surface area contributed by atoms with Crippen LogP contribution < -0.4 is 5.32 Å². The normalized spacial score (nSPS) is 18.6. The molecule has 1 aromatic rings. The summed E-state index contributed by atoms with van der Waals surface area (Å²) in [5.41, 5.74) is 0.0894. The average molecular weight is 345 g/mol. The summed E-state index contributed by atoms with van der Waals surface area (Å²) in [6.07, 6.45) is -0.190. The smallest absolute Gasteiger partial charge is 0.270 e. The Morgan fingerprint density at radius 3 is 2.95 bits per heavy atom. The standard InChI is InChI=1S/C12H13BrN2O5/c13-11-2-1-8(15(17)18)5-10(11)12(16)14-6-9-7-19-3-4-20-9/h1-2,5,9H,3-4,6-7H2,(H,14,16). The first-order valence-corrected chi connectivity index (χ1v) is 6.78. The molecule has 1 unspecified atom stereocenters. The van der Waals surface area contributed by atoms with E-state index in [4.69, 9.17) is 9.47 Å². The molecule has 0 radical (unpaired) electrons. The zero-order valence-electron chi connectivity index (χ0n) is 10.5. The molecule has 108 valence electrons. The maximum absolute atomic E-state index is 12.0. The van der Waals surface area contributed by atoms with E-state index in [1.54, 1.807) is 0 Å². The van der Waals surface area contributed by atoms with Gasteiger partial charge in [0, 0.05) is 23.2 Å². The fraction of sp³-hybridized carbons (Fsp3) is 0.417. The van der Waals surface area contributed by atoms with E-state index >= 15 is 0 Å². The van der Waals surface area contributed by atoms with Crippen LogP contribution in [0.15, 0.2) is 22.7 Å². The molecule has 1 fully saturated rings. The Hall–Kier alpha value is -1.51. The lowest BCUT2D eigenvalue weighted by atomic mass is 10.2. The maximum Gasteiger partial charge on any atom is 0.270 e. The van der Waals surface area contributed by atoms with E-state index in [1.807, 2.05) is 0 Å². The van der Waals surface area contributed by atoms with Crippen LogP contribution >= 0.6 is 15.9 Å². The number of nitrogens with one attached hydrogen (secondary N) is 1. The summed E-state index contributed by atoms with van der Waals surface area (Å²) in [4.78, 5) is 22.2. The highest BCUT2D eigenvalue weighted by atomic mass is 79.9. The van der Waals surface area contributed by atoms with Gasteiger partial charge in [-0.15, -0.1) is 0 Å². The second-order valence-electron chi connectivity index (χ2n) is 4.20. The third-order valence-corrected chi connectivity index (χ3v) is 3.47. The molecule has 1 saturated heterocycles. The lowest BCUT2D eigenvalue weighted by Gasteiger charge is -2.23. The number of nitro groups is 1.